The Morgan fingerprint density at radius 1 is 1.22 bits per heavy atom. The van der Waals surface area contributed by atoms with Gasteiger partial charge in [-0.25, -0.2) is 4.68 Å². The Hall–Kier alpha value is -3.22. The molecule has 1 heterocycles. The van der Waals surface area contributed by atoms with E-state index in [9.17, 15) is 14.9 Å². The highest BCUT2D eigenvalue weighted by Gasteiger charge is 2.11. The number of hydrogen-bond donors (Lipinski definition) is 0. The summed E-state index contributed by atoms with van der Waals surface area (Å²) < 4.78 is 6.37. The van der Waals surface area contributed by atoms with Crippen LogP contribution in [0.4, 0.5) is 5.69 Å². The summed E-state index contributed by atoms with van der Waals surface area (Å²) in [5.41, 5.74) is 0.406. The first kappa shape index (κ1) is 14.7. The molecule has 3 rings (SSSR count). The van der Waals surface area contributed by atoms with E-state index in [-0.39, 0.29) is 23.2 Å². The van der Waals surface area contributed by atoms with Gasteiger partial charge in [0.2, 0.25) is 0 Å². The van der Waals surface area contributed by atoms with Gasteiger partial charge in [0, 0.05) is 17.5 Å². The van der Waals surface area contributed by atoms with Gasteiger partial charge in [-0.2, -0.15) is 5.10 Å². The average Bonchev–Trinajstić information content (AvgIpc) is 2.58. The normalized spacial score (nSPS) is 10.7. The van der Waals surface area contributed by atoms with Crippen molar-refractivity contribution in [2.24, 2.45) is 0 Å². The molecule has 23 heavy (non-hydrogen) atoms. The molecule has 2 aromatic carbocycles. The first-order valence-corrected chi connectivity index (χ1v) is 6.85. The summed E-state index contributed by atoms with van der Waals surface area (Å²) in [7, 11) is 1.58. The van der Waals surface area contributed by atoms with E-state index in [0.717, 1.165) is 11.3 Å². The third-order valence-electron chi connectivity index (χ3n) is 3.54. The van der Waals surface area contributed by atoms with E-state index in [1.54, 1.807) is 19.2 Å². The van der Waals surface area contributed by atoms with Crippen molar-refractivity contribution in [2.75, 3.05) is 7.11 Å². The van der Waals surface area contributed by atoms with Crippen molar-refractivity contribution in [1.82, 2.24) is 9.78 Å². The van der Waals surface area contributed by atoms with Crippen molar-refractivity contribution in [3.63, 3.8) is 0 Å². The molecule has 0 fully saturated rings. The Labute approximate surface area is 130 Å². The highest BCUT2D eigenvalue weighted by atomic mass is 16.6. The molecule has 3 aromatic rings. The third-order valence-corrected chi connectivity index (χ3v) is 3.54. The molecule has 0 radical (unpaired) electrons. The summed E-state index contributed by atoms with van der Waals surface area (Å²) in [5.74, 6) is 0.725. The molecular weight excluding hydrogens is 298 g/mol. The molecular formula is C16H13N3O4. The van der Waals surface area contributed by atoms with Gasteiger partial charge in [0.05, 0.1) is 30.2 Å². The number of nitrogens with zero attached hydrogens (tertiary/aromatic N) is 3. The van der Waals surface area contributed by atoms with Crippen LogP contribution in [0.3, 0.4) is 0 Å². The fraction of sp³-hybridized carbons (Fsp3) is 0.125. The number of ether oxygens (including phenoxy) is 1. The number of aromatic nitrogens is 2. The third kappa shape index (κ3) is 2.89. The molecule has 0 bridgehead atoms. The van der Waals surface area contributed by atoms with Gasteiger partial charge in [0.25, 0.3) is 11.2 Å². The Kier molecular flexibility index (Phi) is 3.76. The summed E-state index contributed by atoms with van der Waals surface area (Å²) >= 11 is 0. The first-order chi connectivity index (χ1) is 11.1. The second-order valence-corrected chi connectivity index (χ2v) is 4.98. The smallest absolute Gasteiger partial charge is 0.275 e. The minimum Gasteiger partial charge on any atom is -0.497 e. The van der Waals surface area contributed by atoms with E-state index in [0.29, 0.717) is 5.39 Å². The lowest BCUT2D eigenvalue weighted by atomic mass is 10.1. The van der Waals surface area contributed by atoms with Crippen LogP contribution in [0.1, 0.15) is 5.56 Å². The van der Waals surface area contributed by atoms with Crippen LogP contribution in [-0.4, -0.2) is 21.8 Å². The van der Waals surface area contributed by atoms with Gasteiger partial charge in [-0.15, -0.1) is 0 Å². The van der Waals surface area contributed by atoms with E-state index in [1.165, 1.54) is 29.1 Å². The van der Waals surface area contributed by atoms with Crippen LogP contribution >= 0.6 is 0 Å². The maximum absolute atomic E-state index is 12.5. The molecule has 0 spiro atoms. The lowest BCUT2D eigenvalue weighted by Gasteiger charge is -2.07. The van der Waals surface area contributed by atoms with Crippen LogP contribution in [-0.2, 0) is 6.54 Å². The topological polar surface area (TPSA) is 87.3 Å². The van der Waals surface area contributed by atoms with Crippen molar-refractivity contribution in [3.05, 3.63) is 74.7 Å². The summed E-state index contributed by atoms with van der Waals surface area (Å²) in [6.45, 7) is 0.279. The van der Waals surface area contributed by atoms with E-state index in [1.807, 2.05) is 12.1 Å². The summed E-state index contributed by atoms with van der Waals surface area (Å²) in [5, 5.41) is 15.8. The van der Waals surface area contributed by atoms with Crippen LogP contribution in [0, 0.1) is 10.1 Å². The molecule has 116 valence electrons. The molecule has 0 saturated carbocycles. The van der Waals surface area contributed by atoms with Crippen LogP contribution in [0.5, 0.6) is 5.75 Å². The monoisotopic (exact) mass is 311 g/mol. The van der Waals surface area contributed by atoms with Crippen LogP contribution < -0.4 is 10.3 Å². The minimum absolute atomic E-state index is 0.114. The Morgan fingerprint density at radius 2 is 1.96 bits per heavy atom. The van der Waals surface area contributed by atoms with E-state index in [4.69, 9.17) is 4.74 Å². The molecule has 0 saturated heterocycles. The molecule has 0 aliphatic heterocycles. The summed E-state index contributed by atoms with van der Waals surface area (Å²) in [4.78, 5) is 22.8. The van der Waals surface area contributed by atoms with Gasteiger partial charge in [-0.05, 0) is 23.8 Å². The van der Waals surface area contributed by atoms with Gasteiger partial charge in [-0.3, -0.25) is 14.9 Å². The fourth-order valence-electron chi connectivity index (χ4n) is 2.30. The zero-order chi connectivity index (χ0) is 16.4. The van der Waals surface area contributed by atoms with Crippen molar-refractivity contribution in [1.29, 1.82) is 0 Å². The van der Waals surface area contributed by atoms with Crippen molar-refractivity contribution in [2.45, 2.75) is 6.54 Å². The number of nitro benzene ring substituents is 1. The van der Waals surface area contributed by atoms with Crippen molar-refractivity contribution >= 4 is 16.5 Å². The van der Waals surface area contributed by atoms with Gasteiger partial charge < -0.3 is 4.74 Å². The number of non-ortho nitro benzene ring substituents is 1. The minimum atomic E-state index is -0.521. The second-order valence-electron chi connectivity index (χ2n) is 4.98. The maximum Gasteiger partial charge on any atom is 0.275 e. The molecule has 0 atom stereocenters. The van der Waals surface area contributed by atoms with E-state index in [2.05, 4.69) is 5.10 Å². The summed E-state index contributed by atoms with van der Waals surface area (Å²) in [6, 6.07) is 11.4. The van der Waals surface area contributed by atoms with E-state index < -0.39 is 4.92 Å². The molecule has 0 N–H and O–H groups in total. The molecule has 0 unspecified atom stereocenters. The molecule has 0 amide bonds. The number of methoxy groups -OCH3 is 1. The Bertz CT molecular complexity index is 932. The standard InChI is InChI=1S/C16H13N3O4/c1-23-14-6-2-11(3-7-14)10-18-16(20)15-8-13(19(21)22)5-4-12(15)9-17-18/h2-9H,10H2,1H3. The van der Waals surface area contributed by atoms with Gasteiger partial charge >= 0.3 is 0 Å². The highest BCUT2D eigenvalue weighted by Crippen LogP contribution is 2.17. The number of hydrogen-bond acceptors (Lipinski definition) is 5. The lowest BCUT2D eigenvalue weighted by molar-refractivity contribution is -0.384. The quantitative estimate of drug-likeness (QED) is 0.545. The number of nitro groups is 1. The van der Waals surface area contributed by atoms with Gasteiger partial charge in [-0.1, -0.05) is 12.1 Å². The number of fused-ring (bicyclic) bond motifs is 1. The second kappa shape index (κ2) is 5.88. The molecule has 7 nitrogen and oxygen atoms in total. The van der Waals surface area contributed by atoms with Crippen molar-refractivity contribution < 1.29 is 9.66 Å². The molecule has 7 heteroatoms. The number of rotatable bonds is 4. The zero-order valence-corrected chi connectivity index (χ0v) is 12.3. The first-order valence-electron chi connectivity index (χ1n) is 6.85. The van der Waals surface area contributed by atoms with E-state index >= 15 is 0 Å². The highest BCUT2D eigenvalue weighted by molar-refractivity contribution is 5.82. The Balaban J connectivity index is 2.01. The predicted molar refractivity (Wildman–Crippen MR) is 84.8 cm³/mol. The van der Waals surface area contributed by atoms with Gasteiger partial charge in [0.1, 0.15) is 5.75 Å². The van der Waals surface area contributed by atoms with Gasteiger partial charge in [0.15, 0.2) is 0 Å². The summed E-state index contributed by atoms with van der Waals surface area (Å²) in [6.07, 6.45) is 1.53. The average molecular weight is 311 g/mol. The van der Waals surface area contributed by atoms with Crippen molar-refractivity contribution in [3.8, 4) is 5.75 Å². The SMILES string of the molecule is COc1ccc(Cn2ncc3ccc([N+](=O)[O-])cc3c2=O)cc1. The van der Waals surface area contributed by atoms with Crippen LogP contribution in [0.15, 0.2) is 53.5 Å². The largest absolute Gasteiger partial charge is 0.497 e. The molecule has 1 aromatic heterocycles. The zero-order valence-electron chi connectivity index (χ0n) is 12.3. The van der Waals surface area contributed by atoms with Crippen LogP contribution in [0.25, 0.3) is 10.8 Å². The Morgan fingerprint density at radius 3 is 2.61 bits per heavy atom. The lowest BCUT2D eigenvalue weighted by Crippen LogP contribution is -2.23. The van der Waals surface area contributed by atoms with Crippen LogP contribution in [0.2, 0.25) is 0 Å². The molecule has 0 aliphatic carbocycles. The fourth-order valence-corrected chi connectivity index (χ4v) is 2.30. The molecule has 0 aliphatic rings. The predicted octanol–water partition coefficient (Wildman–Crippen LogP) is 2.36. The maximum atomic E-state index is 12.5. The number of benzene rings is 2.